The van der Waals surface area contributed by atoms with Crippen LogP contribution in [0.3, 0.4) is 0 Å². The number of ether oxygens (including phenoxy) is 1. The van der Waals surface area contributed by atoms with E-state index in [1.165, 1.54) is 12.1 Å². The first-order valence-corrected chi connectivity index (χ1v) is 8.20. The molecular weight excluding hydrogens is 310 g/mol. The summed E-state index contributed by atoms with van der Waals surface area (Å²) in [7, 11) is -2.00. The molecule has 0 aromatic heterocycles. The lowest BCUT2D eigenvalue weighted by atomic mass is 10.1. The Labute approximate surface area is 129 Å². The SMILES string of the molecule is COc1ccc(C(C)NS(=O)(=O)c2ccc(Cl)cc2)cc1. The van der Waals surface area contributed by atoms with E-state index in [0.717, 1.165) is 11.3 Å². The van der Waals surface area contributed by atoms with Gasteiger partial charge in [-0.2, -0.15) is 0 Å². The minimum Gasteiger partial charge on any atom is -0.497 e. The molecule has 1 atom stereocenters. The molecule has 1 unspecified atom stereocenters. The van der Waals surface area contributed by atoms with Gasteiger partial charge in [-0.25, -0.2) is 13.1 Å². The van der Waals surface area contributed by atoms with Gasteiger partial charge in [0.25, 0.3) is 0 Å². The lowest BCUT2D eigenvalue weighted by Crippen LogP contribution is -2.26. The quantitative estimate of drug-likeness (QED) is 0.916. The van der Waals surface area contributed by atoms with Crippen LogP contribution in [-0.2, 0) is 10.0 Å². The molecule has 0 aliphatic heterocycles. The van der Waals surface area contributed by atoms with Crippen LogP contribution in [0.5, 0.6) is 5.75 Å². The molecule has 112 valence electrons. The van der Waals surface area contributed by atoms with Crippen molar-refractivity contribution in [2.45, 2.75) is 17.9 Å². The number of sulfonamides is 1. The summed E-state index contributed by atoms with van der Waals surface area (Å²) in [6.07, 6.45) is 0. The molecule has 2 rings (SSSR count). The third kappa shape index (κ3) is 3.97. The van der Waals surface area contributed by atoms with Crippen molar-refractivity contribution in [3.05, 3.63) is 59.1 Å². The highest BCUT2D eigenvalue weighted by atomic mass is 35.5. The second kappa shape index (κ2) is 6.47. The Balaban J connectivity index is 2.17. The van der Waals surface area contributed by atoms with Crippen LogP contribution in [0.4, 0.5) is 0 Å². The Bertz CT molecular complexity index is 697. The zero-order valence-corrected chi connectivity index (χ0v) is 13.3. The normalized spacial score (nSPS) is 12.9. The molecule has 2 aromatic rings. The minimum atomic E-state index is -3.58. The molecule has 0 fully saturated rings. The Morgan fingerprint density at radius 2 is 1.62 bits per heavy atom. The van der Waals surface area contributed by atoms with E-state index in [4.69, 9.17) is 16.3 Å². The summed E-state index contributed by atoms with van der Waals surface area (Å²) >= 11 is 5.76. The molecule has 21 heavy (non-hydrogen) atoms. The van der Waals surface area contributed by atoms with Crippen LogP contribution in [0.2, 0.25) is 5.02 Å². The highest BCUT2D eigenvalue weighted by Crippen LogP contribution is 2.20. The second-order valence-corrected chi connectivity index (χ2v) is 6.72. The van der Waals surface area contributed by atoms with E-state index in [2.05, 4.69) is 4.72 Å². The van der Waals surface area contributed by atoms with Crippen molar-refractivity contribution >= 4 is 21.6 Å². The third-order valence-electron chi connectivity index (χ3n) is 3.07. The van der Waals surface area contributed by atoms with Crippen molar-refractivity contribution in [3.63, 3.8) is 0 Å². The fraction of sp³-hybridized carbons (Fsp3) is 0.200. The van der Waals surface area contributed by atoms with E-state index in [1.807, 2.05) is 12.1 Å². The molecule has 0 bridgehead atoms. The van der Waals surface area contributed by atoms with Crippen molar-refractivity contribution in [3.8, 4) is 5.75 Å². The van der Waals surface area contributed by atoms with Crippen LogP contribution in [0.25, 0.3) is 0 Å². The molecule has 0 saturated heterocycles. The Kier molecular flexibility index (Phi) is 4.88. The summed E-state index contributed by atoms with van der Waals surface area (Å²) in [5, 5.41) is 0.497. The van der Waals surface area contributed by atoms with Crippen LogP contribution >= 0.6 is 11.6 Å². The maximum atomic E-state index is 12.3. The number of halogens is 1. The first-order chi connectivity index (χ1) is 9.92. The molecule has 0 aliphatic rings. The molecule has 2 aromatic carbocycles. The van der Waals surface area contributed by atoms with E-state index >= 15 is 0 Å². The number of hydrogen-bond acceptors (Lipinski definition) is 3. The smallest absolute Gasteiger partial charge is 0.241 e. The number of hydrogen-bond donors (Lipinski definition) is 1. The van der Waals surface area contributed by atoms with E-state index < -0.39 is 10.0 Å². The predicted molar refractivity (Wildman–Crippen MR) is 83.2 cm³/mol. The number of rotatable bonds is 5. The molecule has 1 N–H and O–H groups in total. The van der Waals surface area contributed by atoms with Gasteiger partial charge >= 0.3 is 0 Å². The molecule has 0 spiro atoms. The summed E-state index contributed by atoms with van der Waals surface area (Å²) in [5.74, 6) is 0.728. The highest BCUT2D eigenvalue weighted by Gasteiger charge is 2.18. The maximum absolute atomic E-state index is 12.3. The van der Waals surface area contributed by atoms with Gasteiger partial charge in [-0.3, -0.25) is 0 Å². The Morgan fingerprint density at radius 3 is 2.14 bits per heavy atom. The van der Waals surface area contributed by atoms with Gasteiger partial charge in [0, 0.05) is 11.1 Å². The average Bonchev–Trinajstić information content (AvgIpc) is 2.47. The van der Waals surface area contributed by atoms with E-state index in [0.29, 0.717) is 5.02 Å². The fourth-order valence-electron chi connectivity index (χ4n) is 1.88. The lowest BCUT2D eigenvalue weighted by Gasteiger charge is -2.15. The number of nitrogens with one attached hydrogen (secondary N) is 1. The monoisotopic (exact) mass is 325 g/mol. The number of methoxy groups -OCH3 is 1. The van der Waals surface area contributed by atoms with Crippen LogP contribution in [0, 0.1) is 0 Å². The van der Waals surface area contributed by atoms with Gasteiger partial charge < -0.3 is 4.74 Å². The van der Waals surface area contributed by atoms with Crippen LogP contribution in [-0.4, -0.2) is 15.5 Å². The summed E-state index contributed by atoms with van der Waals surface area (Å²) in [6.45, 7) is 1.79. The summed E-state index contributed by atoms with van der Waals surface area (Å²) in [5.41, 5.74) is 0.855. The zero-order chi connectivity index (χ0) is 15.5. The van der Waals surface area contributed by atoms with Gasteiger partial charge in [0.2, 0.25) is 10.0 Å². The molecule has 0 heterocycles. The van der Waals surface area contributed by atoms with E-state index in [-0.39, 0.29) is 10.9 Å². The Morgan fingerprint density at radius 1 is 1.05 bits per heavy atom. The van der Waals surface area contributed by atoms with Gasteiger partial charge in [0.1, 0.15) is 5.75 Å². The topological polar surface area (TPSA) is 55.4 Å². The van der Waals surface area contributed by atoms with Gasteiger partial charge in [-0.15, -0.1) is 0 Å². The standard InChI is InChI=1S/C15H16ClNO3S/c1-11(12-3-7-14(20-2)8-4-12)17-21(18,19)15-9-5-13(16)6-10-15/h3-11,17H,1-2H3. The summed E-state index contributed by atoms with van der Waals surface area (Å²) in [6, 6.07) is 12.9. The largest absolute Gasteiger partial charge is 0.497 e. The zero-order valence-electron chi connectivity index (χ0n) is 11.7. The molecule has 0 radical (unpaired) electrons. The fourth-order valence-corrected chi connectivity index (χ4v) is 3.23. The molecule has 0 aliphatic carbocycles. The van der Waals surface area contributed by atoms with Crippen LogP contribution in [0.15, 0.2) is 53.4 Å². The van der Waals surface area contributed by atoms with Crippen molar-refractivity contribution in [1.29, 1.82) is 0 Å². The minimum absolute atomic E-state index is 0.187. The lowest BCUT2D eigenvalue weighted by molar-refractivity contribution is 0.414. The average molecular weight is 326 g/mol. The second-order valence-electron chi connectivity index (χ2n) is 4.57. The molecule has 4 nitrogen and oxygen atoms in total. The van der Waals surface area contributed by atoms with Gasteiger partial charge in [0.05, 0.1) is 12.0 Å². The van der Waals surface area contributed by atoms with Crippen LogP contribution < -0.4 is 9.46 Å². The number of benzene rings is 2. The molecule has 6 heteroatoms. The van der Waals surface area contributed by atoms with Crippen molar-refractivity contribution in [2.24, 2.45) is 0 Å². The van der Waals surface area contributed by atoms with Crippen molar-refractivity contribution < 1.29 is 13.2 Å². The maximum Gasteiger partial charge on any atom is 0.241 e. The van der Waals surface area contributed by atoms with Crippen LogP contribution in [0.1, 0.15) is 18.5 Å². The Hall–Kier alpha value is -1.56. The van der Waals surface area contributed by atoms with E-state index in [1.54, 1.807) is 38.3 Å². The first-order valence-electron chi connectivity index (χ1n) is 6.34. The molecule has 0 amide bonds. The highest BCUT2D eigenvalue weighted by molar-refractivity contribution is 7.89. The van der Waals surface area contributed by atoms with E-state index in [9.17, 15) is 8.42 Å². The van der Waals surface area contributed by atoms with Crippen molar-refractivity contribution in [1.82, 2.24) is 4.72 Å². The first kappa shape index (κ1) is 15.8. The van der Waals surface area contributed by atoms with Gasteiger partial charge in [-0.1, -0.05) is 23.7 Å². The summed E-state index contributed by atoms with van der Waals surface area (Å²) < 4.78 is 32.3. The molecular formula is C15H16ClNO3S. The summed E-state index contributed by atoms with van der Waals surface area (Å²) in [4.78, 5) is 0.187. The van der Waals surface area contributed by atoms with Crippen molar-refractivity contribution in [2.75, 3.05) is 7.11 Å². The van der Waals surface area contributed by atoms with Gasteiger partial charge in [0.15, 0.2) is 0 Å². The predicted octanol–water partition coefficient (Wildman–Crippen LogP) is 3.39. The van der Waals surface area contributed by atoms with Gasteiger partial charge in [-0.05, 0) is 48.9 Å². The molecule has 0 saturated carbocycles. The third-order valence-corrected chi connectivity index (χ3v) is 4.88.